The van der Waals surface area contributed by atoms with E-state index in [4.69, 9.17) is 5.11 Å². The van der Waals surface area contributed by atoms with E-state index in [2.05, 4.69) is 20.5 Å². The number of hydrogen-bond acceptors (Lipinski definition) is 5. The first-order valence-electron chi connectivity index (χ1n) is 6.79. The first kappa shape index (κ1) is 14.0. The Morgan fingerprint density at radius 3 is 3.00 bits per heavy atom. The molecule has 2 heterocycles. The summed E-state index contributed by atoms with van der Waals surface area (Å²) in [5, 5.41) is 19.1. The Hall–Kier alpha value is -1.47. The topological polar surface area (TPSA) is 94.1 Å². The van der Waals surface area contributed by atoms with Crippen LogP contribution in [-0.2, 0) is 6.42 Å². The van der Waals surface area contributed by atoms with Crippen molar-refractivity contribution in [3.8, 4) is 0 Å². The quantitative estimate of drug-likeness (QED) is 0.649. The lowest BCUT2D eigenvalue weighted by atomic mass is 10.2. The van der Waals surface area contributed by atoms with Crippen molar-refractivity contribution in [3.05, 3.63) is 11.6 Å². The molecular weight excluding hydrogens is 246 g/mol. The first-order chi connectivity index (χ1) is 9.24. The highest BCUT2D eigenvalue weighted by Crippen LogP contribution is 2.09. The van der Waals surface area contributed by atoms with E-state index in [1.165, 1.54) is 0 Å². The van der Waals surface area contributed by atoms with Crippen molar-refractivity contribution in [2.24, 2.45) is 0 Å². The zero-order valence-corrected chi connectivity index (χ0v) is 11.2. The Balaban J connectivity index is 2.02. The van der Waals surface area contributed by atoms with Gasteiger partial charge in [-0.15, -0.1) is 5.10 Å². The minimum Gasteiger partial charge on any atom is -0.395 e. The summed E-state index contributed by atoms with van der Waals surface area (Å²) in [6.07, 6.45) is 2.90. The molecule has 0 radical (unpaired) electrons. The molecule has 1 saturated heterocycles. The summed E-state index contributed by atoms with van der Waals surface area (Å²) in [5.74, 6) is 0.660. The van der Waals surface area contributed by atoms with Gasteiger partial charge < -0.3 is 15.3 Å². The highest BCUT2D eigenvalue weighted by Gasteiger charge is 2.24. The van der Waals surface area contributed by atoms with Crippen LogP contribution in [0.5, 0.6) is 0 Å². The van der Waals surface area contributed by atoms with Gasteiger partial charge in [-0.2, -0.15) is 0 Å². The summed E-state index contributed by atoms with van der Waals surface area (Å²) in [6, 6.07) is 0.306. The van der Waals surface area contributed by atoms with Crippen molar-refractivity contribution in [1.82, 2.24) is 25.4 Å². The number of nitrogens with zero attached hydrogens (tertiary/aromatic N) is 3. The lowest BCUT2D eigenvalue weighted by Crippen LogP contribution is -2.42. The molecule has 0 saturated carbocycles. The number of hydrogen-bond donors (Lipinski definition) is 3. The highest BCUT2D eigenvalue weighted by atomic mass is 16.3. The highest BCUT2D eigenvalue weighted by molar-refractivity contribution is 5.90. The maximum absolute atomic E-state index is 12.3. The normalized spacial score (nSPS) is 18.7. The molecule has 1 atom stereocenters. The fraction of sp³-hybridized carbons (Fsp3) is 0.750. The fourth-order valence-corrected chi connectivity index (χ4v) is 2.27. The number of carbonyl (C=O) groups excluding carboxylic acids is 1. The van der Waals surface area contributed by atoms with Crippen molar-refractivity contribution in [1.29, 1.82) is 0 Å². The van der Waals surface area contributed by atoms with Crippen LogP contribution in [0.2, 0.25) is 0 Å². The maximum Gasteiger partial charge on any atom is 0.293 e. The third-order valence-electron chi connectivity index (χ3n) is 3.32. The molecule has 2 rings (SSSR count). The van der Waals surface area contributed by atoms with Gasteiger partial charge in [0.25, 0.3) is 5.91 Å². The minimum absolute atomic E-state index is 0.0521. The lowest BCUT2D eigenvalue weighted by Gasteiger charge is -2.23. The smallest absolute Gasteiger partial charge is 0.293 e. The van der Waals surface area contributed by atoms with Crippen LogP contribution < -0.4 is 5.32 Å². The average Bonchev–Trinajstić information content (AvgIpc) is 3.08. The van der Waals surface area contributed by atoms with E-state index in [1.54, 1.807) is 4.90 Å². The lowest BCUT2D eigenvalue weighted by molar-refractivity contribution is 0.0694. The SMILES string of the molecule is CCc1nc(C(=O)N(CCO)CC2CCCN2)n[nH]1. The number of aromatic amines is 1. The zero-order chi connectivity index (χ0) is 13.7. The van der Waals surface area contributed by atoms with Gasteiger partial charge in [0.05, 0.1) is 6.61 Å². The van der Waals surface area contributed by atoms with Gasteiger partial charge in [-0.1, -0.05) is 6.92 Å². The number of aliphatic hydroxyl groups excluding tert-OH is 1. The van der Waals surface area contributed by atoms with E-state index in [1.807, 2.05) is 6.92 Å². The Bertz CT molecular complexity index is 414. The molecule has 106 valence electrons. The van der Waals surface area contributed by atoms with Crippen molar-refractivity contribution >= 4 is 5.91 Å². The summed E-state index contributed by atoms with van der Waals surface area (Å²) < 4.78 is 0. The number of amides is 1. The van der Waals surface area contributed by atoms with Crippen LogP contribution in [0.25, 0.3) is 0 Å². The van der Waals surface area contributed by atoms with E-state index in [9.17, 15) is 4.79 Å². The van der Waals surface area contributed by atoms with E-state index in [-0.39, 0.29) is 18.3 Å². The monoisotopic (exact) mass is 267 g/mol. The molecule has 7 nitrogen and oxygen atoms in total. The minimum atomic E-state index is -0.223. The molecule has 0 aromatic carbocycles. The van der Waals surface area contributed by atoms with E-state index < -0.39 is 0 Å². The van der Waals surface area contributed by atoms with Crippen LogP contribution in [0, 0.1) is 0 Å². The van der Waals surface area contributed by atoms with Crippen molar-refractivity contribution in [2.45, 2.75) is 32.2 Å². The van der Waals surface area contributed by atoms with Crippen molar-refractivity contribution in [3.63, 3.8) is 0 Å². The molecule has 1 fully saturated rings. The molecule has 0 aliphatic carbocycles. The number of nitrogens with one attached hydrogen (secondary N) is 2. The second kappa shape index (κ2) is 6.63. The Morgan fingerprint density at radius 2 is 2.42 bits per heavy atom. The Morgan fingerprint density at radius 1 is 1.58 bits per heavy atom. The molecular formula is C12H21N5O2. The number of rotatable bonds is 6. The molecule has 0 bridgehead atoms. The van der Waals surface area contributed by atoms with Gasteiger partial charge in [0.1, 0.15) is 5.82 Å². The second-order valence-corrected chi connectivity index (χ2v) is 4.73. The van der Waals surface area contributed by atoms with Gasteiger partial charge in [-0.3, -0.25) is 9.89 Å². The van der Waals surface area contributed by atoms with Gasteiger partial charge in [0.15, 0.2) is 0 Å². The van der Waals surface area contributed by atoms with E-state index in [0.29, 0.717) is 31.4 Å². The molecule has 0 spiro atoms. The van der Waals surface area contributed by atoms with E-state index >= 15 is 0 Å². The van der Waals surface area contributed by atoms with Crippen LogP contribution in [0.1, 0.15) is 36.2 Å². The van der Waals surface area contributed by atoms with Crippen LogP contribution in [0.4, 0.5) is 0 Å². The first-order valence-corrected chi connectivity index (χ1v) is 6.79. The summed E-state index contributed by atoms with van der Waals surface area (Å²) in [4.78, 5) is 18.1. The Labute approximate surface area is 112 Å². The molecule has 1 amide bonds. The fourth-order valence-electron chi connectivity index (χ4n) is 2.27. The second-order valence-electron chi connectivity index (χ2n) is 4.73. The van der Waals surface area contributed by atoms with Gasteiger partial charge >= 0.3 is 0 Å². The van der Waals surface area contributed by atoms with Gasteiger partial charge in [-0.25, -0.2) is 4.98 Å². The van der Waals surface area contributed by atoms with E-state index in [0.717, 1.165) is 19.4 Å². The summed E-state index contributed by atoms with van der Waals surface area (Å²) in [7, 11) is 0. The molecule has 19 heavy (non-hydrogen) atoms. The predicted octanol–water partition coefficient (Wildman–Crippen LogP) is -0.446. The average molecular weight is 267 g/mol. The standard InChI is InChI=1S/C12H21N5O2/c1-2-10-14-11(16-15-10)12(19)17(6-7-18)8-9-4-3-5-13-9/h9,13,18H,2-8H2,1H3,(H,14,15,16). The molecule has 1 unspecified atom stereocenters. The van der Waals surface area contributed by atoms with Gasteiger partial charge in [0, 0.05) is 25.6 Å². The third kappa shape index (κ3) is 3.51. The van der Waals surface area contributed by atoms with Crippen LogP contribution >= 0.6 is 0 Å². The maximum atomic E-state index is 12.3. The number of H-pyrrole nitrogens is 1. The zero-order valence-electron chi connectivity index (χ0n) is 11.2. The third-order valence-corrected chi connectivity index (χ3v) is 3.32. The van der Waals surface area contributed by atoms with Crippen LogP contribution in [0.15, 0.2) is 0 Å². The molecule has 3 N–H and O–H groups in total. The number of aliphatic hydroxyl groups is 1. The molecule has 1 aromatic heterocycles. The van der Waals surface area contributed by atoms with Crippen LogP contribution in [-0.4, -0.2) is 63.4 Å². The molecule has 7 heteroatoms. The molecule has 1 aliphatic heterocycles. The largest absolute Gasteiger partial charge is 0.395 e. The summed E-state index contributed by atoms with van der Waals surface area (Å²) >= 11 is 0. The Kier molecular flexibility index (Phi) is 4.86. The summed E-state index contributed by atoms with van der Waals surface area (Å²) in [5.41, 5.74) is 0. The van der Waals surface area contributed by atoms with Crippen molar-refractivity contribution in [2.75, 3.05) is 26.2 Å². The van der Waals surface area contributed by atoms with Crippen LogP contribution in [0.3, 0.4) is 0 Å². The molecule has 1 aliphatic rings. The van der Waals surface area contributed by atoms with Gasteiger partial charge in [-0.05, 0) is 19.4 Å². The number of aryl methyl sites for hydroxylation is 1. The van der Waals surface area contributed by atoms with Gasteiger partial charge in [0.2, 0.25) is 5.82 Å². The molecule has 1 aromatic rings. The number of carbonyl (C=O) groups is 1. The number of aromatic nitrogens is 3. The summed E-state index contributed by atoms with van der Waals surface area (Å²) in [6.45, 7) is 3.79. The predicted molar refractivity (Wildman–Crippen MR) is 69.8 cm³/mol. The van der Waals surface area contributed by atoms with Crippen molar-refractivity contribution < 1.29 is 9.90 Å².